The van der Waals surface area contributed by atoms with Gasteiger partial charge in [-0.1, -0.05) is 17.7 Å². The number of nitriles is 1. The monoisotopic (exact) mass is 360 g/mol. The summed E-state index contributed by atoms with van der Waals surface area (Å²) in [5, 5.41) is 11.9. The van der Waals surface area contributed by atoms with Crippen molar-refractivity contribution in [2.75, 3.05) is 0 Å². The third-order valence-corrected chi connectivity index (χ3v) is 4.02. The van der Waals surface area contributed by atoms with Crippen molar-refractivity contribution in [3.63, 3.8) is 0 Å². The number of benzene rings is 2. The van der Waals surface area contributed by atoms with Gasteiger partial charge < -0.3 is 10.1 Å². The molecule has 6 heteroatoms. The zero-order valence-electron chi connectivity index (χ0n) is 14.1. The van der Waals surface area contributed by atoms with Gasteiger partial charge >= 0.3 is 0 Å². The van der Waals surface area contributed by atoms with E-state index in [1.54, 1.807) is 51.1 Å². The number of carbonyl (C=O) groups is 1. The number of nitrogens with one attached hydrogen (secondary N) is 1. The van der Waals surface area contributed by atoms with Gasteiger partial charge in [-0.2, -0.15) is 5.26 Å². The van der Waals surface area contributed by atoms with E-state index in [-0.39, 0.29) is 10.9 Å². The summed E-state index contributed by atoms with van der Waals surface area (Å²) >= 11 is 6.09. The van der Waals surface area contributed by atoms with E-state index in [9.17, 15) is 9.18 Å². The Kier molecular flexibility index (Phi) is 5.66. The van der Waals surface area contributed by atoms with Crippen LogP contribution < -0.4 is 10.1 Å². The minimum Gasteiger partial charge on any atom is -0.481 e. The molecular weight excluding hydrogens is 343 g/mol. The Morgan fingerprint density at radius 2 is 1.92 bits per heavy atom. The topological polar surface area (TPSA) is 62.1 Å². The molecule has 0 fully saturated rings. The molecule has 1 unspecified atom stereocenters. The molecule has 4 nitrogen and oxygen atoms in total. The molecule has 2 aromatic rings. The molecule has 1 amide bonds. The number of halogens is 2. The fourth-order valence-corrected chi connectivity index (χ4v) is 2.74. The number of ether oxygens (including phenoxy) is 1. The second-order valence-corrected chi connectivity index (χ2v) is 6.54. The highest BCUT2D eigenvalue weighted by Crippen LogP contribution is 2.28. The minimum atomic E-state index is -0.801. The highest BCUT2D eigenvalue weighted by Gasteiger charge is 2.28. The summed E-state index contributed by atoms with van der Waals surface area (Å²) in [6, 6.07) is 12.6. The minimum absolute atomic E-state index is 0.242. The zero-order valence-corrected chi connectivity index (χ0v) is 14.9. The summed E-state index contributed by atoms with van der Waals surface area (Å²) in [6.07, 6.45) is -0.758. The summed E-state index contributed by atoms with van der Waals surface area (Å²) < 4.78 is 18.8. The second-order valence-electron chi connectivity index (χ2n) is 6.13. The molecule has 1 N–H and O–H groups in total. The van der Waals surface area contributed by atoms with Gasteiger partial charge in [-0.3, -0.25) is 4.79 Å². The van der Waals surface area contributed by atoms with Gasteiger partial charge in [0.15, 0.2) is 6.10 Å². The molecular formula is C19H18ClFN2O2. The lowest BCUT2D eigenvalue weighted by molar-refractivity contribution is -0.129. The average Bonchev–Trinajstić information content (AvgIpc) is 2.54. The quantitative estimate of drug-likeness (QED) is 0.870. The van der Waals surface area contributed by atoms with E-state index in [0.29, 0.717) is 16.9 Å². The summed E-state index contributed by atoms with van der Waals surface area (Å²) in [5.74, 6) is -0.289. The van der Waals surface area contributed by atoms with Crippen molar-refractivity contribution >= 4 is 17.5 Å². The molecule has 0 heterocycles. The molecule has 0 spiro atoms. The fourth-order valence-electron chi connectivity index (χ4n) is 2.34. The smallest absolute Gasteiger partial charge is 0.261 e. The third kappa shape index (κ3) is 4.71. The first kappa shape index (κ1) is 18.8. The Balaban J connectivity index is 2.07. The Labute approximate surface area is 151 Å². The molecule has 2 aromatic carbocycles. The van der Waals surface area contributed by atoms with E-state index in [4.69, 9.17) is 21.6 Å². The number of carbonyl (C=O) groups excluding carboxylic acids is 1. The summed E-state index contributed by atoms with van der Waals surface area (Å²) in [4.78, 5) is 12.4. The molecule has 2 rings (SSSR count). The molecule has 1 atom stereocenters. The fraction of sp³-hybridized carbons (Fsp3) is 0.263. The predicted octanol–water partition coefficient (Wildman–Crippen LogP) is 4.17. The van der Waals surface area contributed by atoms with Crippen LogP contribution in [0.2, 0.25) is 5.02 Å². The predicted molar refractivity (Wildman–Crippen MR) is 93.8 cm³/mol. The lowest BCUT2D eigenvalue weighted by atomic mass is 9.94. The first-order valence-electron chi connectivity index (χ1n) is 7.67. The van der Waals surface area contributed by atoms with E-state index < -0.39 is 17.5 Å². The van der Waals surface area contributed by atoms with Gasteiger partial charge in [0.05, 0.1) is 17.2 Å². The van der Waals surface area contributed by atoms with E-state index >= 15 is 0 Å². The lowest BCUT2D eigenvalue weighted by Crippen LogP contribution is -2.46. The molecule has 130 valence electrons. The van der Waals surface area contributed by atoms with Crippen LogP contribution in [0.15, 0.2) is 42.5 Å². The first-order valence-corrected chi connectivity index (χ1v) is 8.05. The van der Waals surface area contributed by atoms with E-state index in [2.05, 4.69) is 5.32 Å². The Morgan fingerprint density at radius 3 is 2.48 bits per heavy atom. The maximum Gasteiger partial charge on any atom is 0.261 e. The van der Waals surface area contributed by atoms with Crippen LogP contribution in [0, 0.1) is 17.1 Å². The molecule has 0 bridgehead atoms. The largest absolute Gasteiger partial charge is 0.481 e. The number of hydrogen-bond donors (Lipinski definition) is 1. The van der Waals surface area contributed by atoms with Crippen molar-refractivity contribution in [2.45, 2.75) is 32.4 Å². The van der Waals surface area contributed by atoms with Crippen LogP contribution in [0.25, 0.3) is 0 Å². The molecule has 0 saturated carbocycles. The standard InChI is InChI=1S/C19H18ClFN2O2/c1-12(25-15-7-4-13(11-22)5-8-15)18(24)23-19(2,3)16-9-6-14(21)10-17(16)20/h4-10,12H,1-3H3,(H,23,24). The van der Waals surface area contributed by atoms with Crippen LogP contribution in [0.1, 0.15) is 31.9 Å². The number of nitrogens with zero attached hydrogens (tertiary/aromatic N) is 1. The Morgan fingerprint density at radius 1 is 1.28 bits per heavy atom. The maximum absolute atomic E-state index is 13.2. The van der Waals surface area contributed by atoms with Gasteiger partial charge in [-0.05, 0) is 62.7 Å². The molecule has 0 saturated heterocycles. The number of amides is 1. The van der Waals surface area contributed by atoms with Crippen molar-refractivity contribution in [3.05, 3.63) is 64.4 Å². The molecule has 0 radical (unpaired) electrons. The van der Waals surface area contributed by atoms with Crippen LogP contribution in [0.3, 0.4) is 0 Å². The third-order valence-electron chi connectivity index (χ3n) is 3.71. The zero-order chi connectivity index (χ0) is 18.6. The van der Waals surface area contributed by atoms with Crippen molar-refractivity contribution in [1.29, 1.82) is 5.26 Å². The van der Waals surface area contributed by atoms with Crippen molar-refractivity contribution < 1.29 is 13.9 Å². The summed E-state index contributed by atoms with van der Waals surface area (Å²) in [5.41, 5.74) is 0.315. The number of hydrogen-bond acceptors (Lipinski definition) is 3. The maximum atomic E-state index is 13.2. The van der Waals surface area contributed by atoms with Crippen LogP contribution in [-0.4, -0.2) is 12.0 Å². The van der Waals surface area contributed by atoms with Crippen LogP contribution in [0.5, 0.6) is 5.75 Å². The van der Waals surface area contributed by atoms with Crippen LogP contribution in [-0.2, 0) is 10.3 Å². The molecule has 0 aliphatic heterocycles. The summed E-state index contributed by atoms with van der Waals surface area (Å²) in [7, 11) is 0. The van der Waals surface area contributed by atoms with Gasteiger partial charge in [0.1, 0.15) is 11.6 Å². The average molecular weight is 361 g/mol. The Hall–Kier alpha value is -2.58. The van der Waals surface area contributed by atoms with Crippen LogP contribution >= 0.6 is 11.6 Å². The van der Waals surface area contributed by atoms with Crippen LogP contribution in [0.4, 0.5) is 4.39 Å². The van der Waals surface area contributed by atoms with E-state index in [1.165, 1.54) is 12.1 Å². The van der Waals surface area contributed by atoms with Gasteiger partial charge in [-0.15, -0.1) is 0 Å². The van der Waals surface area contributed by atoms with Gasteiger partial charge in [0, 0.05) is 5.02 Å². The normalized spacial score (nSPS) is 12.2. The molecule has 25 heavy (non-hydrogen) atoms. The highest BCUT2D eigenvalue weighted by molar-refractivity contribution is 6.31. The first-order chi connectivity index (χ1) is 11.7. The lowest BCUT2D eigenvalue weighted by Gasteiger charge is -2.29. The molecule has 0 aliphatic rings. The SMILES string of the molecule is CC(Oc1ccc(C#N)cc1)C(=O)NC(C)(C)c1ccc(F)cc1Cl. The number of rotatable bonds is 5. The van der Waals surface area contributed by atoms with Gasteiger partial charge in [0.2, 0.25) is 0 Å². The van der Waals surface area contributed by atoms with Crippen molar-refractivity contribution in [1.82, 2.24) is 5.32 Å². The molecule has 0 aliphatic carbocycles. The summed E-state index contributed by atoms with van der Waals surface area (Å²) in [6.45, 7) is 5.17. The highest BCUT2D eigenvalue weighted by atomic mass is 35.5. The van der Waals surface area contributed by atoms with E-state index in [1.807, 2.05) is 6.07 Å². The second kappa shape index (κ2) is 7.54. The van der Waals surface area contributed by atoms with E-state index in [0.717, 1.165) is 0 Å². The van der Waals surface area contributed by atoms with Crippen molar-refractivity contribution in [2.24, 2.45) is 0 Å². The van der Waals surface area contributed by atoms with Gasteiger partial charge in [-0.25, -0.2) is 4.39 Å². The van der Waals surface area contributed by atoms with Gasteiger partial charge in [0.25, 0.3) is 5.91 Å². The molecule has 0 aromatic heterocycles. The van der Waals surface area contributed by atoms with Crippen molar-refractivity contribution in [3.8, 4) is 11.8 Å². The Bertz CT molecular complexity index is 813.